The zero-order valence-electron chi connectivity index (χ0n) is 22.0. The van der Waals surface area contributed by atoms with Gasteiger partial charge < -0.3 is 19.7 Å². The summed E-state index contributed by atoms with van der Waals surface area (Å²) in [6.07, 6.45) is 1.50. The second kappa shape index (κ2) is 13.1. The summed E-state index contributed by atoms with van der Waals surface area (Å²) in [4.78, 5) is 15.4. The fraction of sp³-hybridized carbons (Fsp3) is 0.167. The third-order valence-corrected chi connectivity index (χ3v) is 6.90. The summed E-state index contributed by atoms with van der Waals surface area (Å²) in [5.74, 6) is -0.609. The summed E-state index contributed by atoms with van der Waals surface area (Å²) in [5, 5.41) is 39.4. The first kappa shape index (κ1) is 28.5. The SMILES string of the molecule is N#Cc1cc(COc2cc(OCc3cccc(-c4ccccc4)c3Cl)c3nonc3c2CN[C@H](CO)C(=O)O)ccn1. The first-order chi connectivity index (χ1) is 20.5. The summed E-state index contributed by atoms with van der Waals surface area (Å²) in [6.45, 7) is -0.500. The molecule has 2 heterocycles. The molecule has 0 bridgehead atoms. The van der Waals surface area contributed by atoms with Gasteiger partial charge in [-0.25, -0.2) is 9.61 Å². The number of aliphatic hydroxyl groups excluding tert-OH is 1. The summed E-state index contributed by atoms with van der Waals surface area (Å²) >= 11 is 6.76. The van der Waals surface area contributed by atoms with Crippen molar-refractivity contribution in [2.75, 3.05) is 6.61 Å². The molecule has 0 aliphatic carbocycles. The Labute approximate surface area is 244 Å². The Morgan fingerprint density at radius 2 is 1.81 bits per heavy atom. The van der Waals surface area contributed by atoms with Crippen LogP contribution in [0.15, 0.2) is 77.6 Å². The van der Waals surface area contributed by atoms with Crippen LogP contribution in [-0.2, 0) is 24.6 Å². The smallest absolute Gasteiger partial charge is 0.323 e. The minimum atomic E-state index is -1.22. The second-order valence-corrected chi connectivity index (χ2v) is 9.53. The molecule has 42 heavy (non-hydrogen) atoms. The molecule has 0 saturated carbocycles. The van der Waals surface area contributed by atoms with Gasteiger partial charge in [0.1, 0.15) is 42.3 Å². The molecule has 3 N–H and O–H groups in total. The number of benzene rings is 3. The van der Waals surface area contributed by atoms with Crippen molar-refractivity contribution in [3.8, 4) is 28.7 Å². The van der Waals surface area contributed by atoms with E-state index in [2.05, 4.69) is 20.6 Å². The molecule has 0 aliphatic rings. The first-order valence-corrected chi connectivity index (χ1v) is 13.1. The Bertz CT molecular complexity index is 1750. The third kappa shape index (κ3) is 6.31. The van der Waals surface area contributed by atoms with E-state index in [9.17, 15) is 20.3 Å². The number of hydrogen-bond acceptors (Lipinski definition) is 10. The average Bonchev–Trinajstić information content (AvgIpc) is 3.51. The fourth-order valence-corrected chi connectivity index (χ4v) is 4.57. The van der Waals surface area contributed by atoms with E-state index in [0.717, 1.165) is 16.7 Å². The van der Waals surface area contributed by atoms with E-state index in [0.29, 0.717) is 33.2 Å². The second-order valence-electron chi connectivity index (χ2n) is 9.15. The molecule has 1 atom stereocenters. The third-order valence-electron chi connectivity index (χ3n) is 6.45. The van der Waals surface area contributed by atoms with Crippen molar-refractivity contribution in [1.29, 1.82) is 5.26 Å². The number of fused-ring (bicyclic) bond motifs is 1. The van der Waals surface area contributed by atoms with E-state index in [4.69, 9.17) is 25.7 Å². The highest BCUT2D eigenvalue weighted by Gasteiger charge is 2.23. The van der Waals surface area contributed by atoms with E-state index in [1.54, 1.807) is 18.2 Å². The van der Waals surface area contributed by atoms with Gasteiger partial charge in [0, 0.05) is 35.5 Å². The van der Waals surface area contributed by atoms with Crippen LogP contribution in [0.1, 0.15) is 22.4 Å². The molecule has 5 aromatic rings. The summed E-state index contributed by atoms with van der Waals surface area (Å²) in [6, 6.07) is 21.1. The topological polar surface area (TPSA) is 164 Å². The Morgan fingerprint density at radius 3 is 2.57 bits per heavy atom. The van der Waals surface area contributed by atoms with Crippen LogP contribution in [0.3, 0.4) is 0 Å². The van der Waals surface area contributed by atoms with Gasteiger partial charge in [-0.3, -0.25) is 10.1 Å². The number of nitrogens with zero attached hydrogens (tertiary/aromatic N) is 4. The zero-order valence-corrected chi connectivity index (χ0v) is 22.8. The van der Waals surface area contributed by atoms with Crippen molar-refractivity contribution in [1.82, 2.24) is 20.6 Å². The molecule has 0 fully saturated rings. The van der Waals surface area contributed by atoms with Crippen molar-refractivity contribution in [3.05, 3.63) is 100 Å². The lowest BCUT2D eigenvalue weighted by atomic mass is 10.0. The average molecular weight is 586 g/mol. The maximum Gasteiger partial charge on any atom is 0.323 e. The highest BCUT2D eigenvalue weighted by atomic mass is 35.5. The zero-order chi connectivity index (χ0) is 29.5. The van der Waals surface area contributed by atoms with Gasteiger partial charge in [0.2, 0.25) is 0 Å². The molecule has 212 valence electrons. The lowest BCUT2D eigenvalue weighted by molar-refractivity contribution is -0.140. The maximum atomic E-state index is 11.5. The monoisotopic (exact) mass is 585 g/mol. The number of carboxylic acids is 1. The van der Waals surface area contributed by atoms with Crippen molar-refractivity contribution in [3.63, 3.8) is 0 Å². The number of rotatable bonds is 12. The molecule has 0 radical (unpaired) electrons. The number of nitriles is 1. The van der Waals surface area contributed by atoms with Gasteiger partial charge in [-0.1, -0.05) is 60.1 Å². The molecule has 3 aromatic carbocycles. The van der Waals surface area contributed by atoms with Gasteiger partial charge in [-0.05, 0) is 33.6 Å². The van der Waals surface area contributed by atoms with Crippen molar-refractivity contribution in [2.24, 2.45) is 0 Å². The largest absolute Gasteiger partial charge is 0.488 e. The Hall–Kier alpha value is -5.02. The lowest BCUT2D eigenvalue weighted by Crippen LogP contribution is -2.39. The van der Waals surface area contributed by atoms with E-state index in [1.165, 1.54) is 6.20 Å². The standard InChI is InChI=1S/C30H24ClN5O6/c31-27-20(7-4-8-22(27)19-5-2-1-3-6-19)17-41-26-12-25(40-16-18-9-10-33-21(11-18)13-32)23(28-29(26)36-42-35-28)14-34-24(15-37)30(38)39/h1-12,24,34,37H,14-17H2,(H,38,39)/t24-/m1/s1. The molecule has 0 aliphatic heterocycles. The minimum absolute atomic E-state index is 0.0391. The Morgan fingerprint density at radius 1 is 1.02 bits per heavy atom. The van der Waals surface area contributed by atoms with Gasteiger partial charge >= 0.3 is 5.97 Å². The van der Waals surface area contributed by atoms with Crippen LogP contribution in [0.5, 0.6) is 11.5 Å². The van der Waals surface area contributed by atoms with E-state index in [1.807, 2.05) is 54.6 Å². The van der Waals surface area contributed by atoms with Crippen LogP contribution in [0, 0.1) is 11.3 Å². The fourth-order valence-electron chi connectivity index (χ4n) is 4.28. The van der Waals surface area contributed by atoms with Crippen LogP contribution < -0.4 is 14.8 Å². The van der Waals surface area contributed by atoms with Gasteiger partial charge in [0.05, 0.1) is 11.6 Å². The van der Waals surface area contributed by atoms with Gasteiger partial charge in [0.25, 0.3) is 0 Å². The molecule has 0 spiro atoms. The number of aromatic nitrogens is 3. The van der Waals surface area contributed by atoms with E-state index < -0.39 is 18.6 Å². The van der Waals surface area contributed by atoms with E-state index in [-0.39, 0.29) is 31.0 Å². The Balaban J connectivity index is 1.47. The number of halogens is 1. The number of carboxylic acid groups (broad SMARTS) is 1. The number of ether oxygens (including phenoxy) is 2. The number of carbonyl (C=O) groups is 1. The van der Waals surface area contributed by atoms with Gasteiger partial charge in [-0.2, -0.15) is 5.26 Å². The van der Waals surface area contributed by atoms with E-state index >= 15 is 0 Å². The van der Waals surface area contributed by atoms with Gasteiger partial charge in [-0.15, -0.1) is 0 Å². The summed E-state index contributed by atoms with van der Waals surface area (Å²) < 4.78 is 17.3. The minimum Gasteiger partial charge on any atom is -0.488 e. The number of aliphatic hydroxyl groups is 1. The predicted octanol–water partition coefficient (Wildman–Crippen LogP) is 4.50. The first-order valence-electron chi connectivity index (χ1n) is 12.8. The normalized spacial score (nSPS) is 11.6. The molecule has 5 rings (SSSR count). The van der Waals surface area contributed by atoms with Crippen LogP contribution in [0.4, 0.5) is 0 Å². The highest BCUT2D eigenvalue weighted by molar-refractivity contribution is 6.34. The predicted molar refractivity (Wildman–Crippen MR) is 152 cm³/mol. The molecule has 0 unspecified atom stereocenters. The lowest BCUT2D eigenvalue weighted by Gasteiger charge is -2.17. The van der Waals surface area contributed by atoms with Crippen molar-refractivity contribution >= 4 is 28.6 Å². The number of aliphatic carboxylic acids is 1. The van der Waals surface area contributed by atoms with Crippen LogP contribution in [0.2, 0.25) is 5.02 Å². The number of hydrogen-bond donors (Lipinski definition) is 3. The summed E-state index contributed by atoms with van der Waals surface area (Å²) in [5.41, 5.74) is 4.52. The van der Waals surface area contributed by atoms with Crippen LogP contribution >= 0.6 is 11.6 Å². The van der Waals surface area contributed by atoms with Crippen molar-refractivity contribution < 1.29 is 29.1 Å². The quantitative estimate of drug-likeness (QED) is 0.189. The number of pyridine rings is 1. The maximum absolute atomic E-state index is 11.5. The van der Waals surface area contributed by atoms with Gasteiger partial charge in [0.15, 0.2) is 11.3 Å². The van der Waals surface area contributed by atoms with Crippen molar-refractivity contribution in [2.45, 2.75) is 25.8 Å². The molecule has 11 nitrogen and oxygen atoms in total. The highest BCUT2D eigenvalue weighted by Crippen LogP contribution is 2.36. The molecule has 0 amide bonds. The molecule has 0 saturated heterocycles. The van der Waals surface area contributed by atoms with Crippen LogP contribution in [0.25, 0.3) is 22.2 Å². The number of nitrogens with one attached hydrogen (secondary N) is 1. The Kier molecular flexibility index (Phi) is 8.89. The molecule has 2 aromatic heterocycles. The molecular formula is C30H24ClN5O6. The molecular weight excluding hydrogens is 562 g/mol. The van der Waals surface area contributed by atoms with Crippen LogP contribution in [-0.4, -0.2) is 44.1 Å². The molecule has 12 heteroatoms. The summed E-state index contributed by atoms with van der Waals surface area (Å²) in [7, 11) is 0.